The van der Waals surface area contributed by atoms with E-state index < -0.39 is 0 Å². The van der Waals surface area contributed by atoms with E-state index in [9.17, 15) is 0 Å². The predicted molar refractivity (Wildman–Crippen MR) is 139 cm³/mol. The van der Waals surface area contributed by atoms with Crippen LogP contribution in [0, 0.1) is 12.8 Å². The van der Waals surface area contributed by atoms with Crippen molar-refractivity contribution in [3.63, 3.8) is 0 Å². The standard InChI is InChI=1S/C27H28N6OS/c1-17(2)14-15-33-25(30-32-27(33)35-18(3)26-31-29-19(4)34-26)22-16-24(20-10-6-5-7-11-20)28-23-13-9-8-12-21(22)23/h5-13,16-18H,14-15H2,1-4H3. The number of para-hydroxylation sites is 1. The van der Waals surface area contributed by atoms with Crippen molar-refractivity contribution in [2.45, 2.75) is 51.1 Å². The van der Waals surface area contributed by atoms with Crippen LogP contribution in [0.2, 0.25) is 0 Å². The largest absolute Gasteiger partial charge is 0.424 e. The summed E-state index contributed by atoms with van der Waals surface area (Å²) in [6.45, 7) is 9.13. The third kappa shape index (κ3) is 4.98. The summed E-state index contributed by atoms with van der Waals surface area (Å²) in [5.74, 6) is 2.55. The number of hydrogen-bond acceptors (Lipinski definition) is 7. The van der Waals surface area contributed by atoms with E-state index in [4.69, 9.17) is 14.5 Å². The Morgan fingerprint density at radius 1 is 0.914 bits per heavy atom. The second-order valence-corrected chi connectivity index (χ2v) is 10.3. The van der Waals surface area contributed by atoms with Gasteiger partial charge in [0.25, 0.3) is 0 Å². The zero-order valence-electron chi connectivity index (χ0n) is 20.3. The molecule has 0 bridgehead atoms. The summed E-state index contributed by atoms with van der Waals surface area (Å²) >= 11 is 1.59. The smallest absolute Gasteiger partial charge is 0.229 e. The van der Waals surface area contributed by atoms with Crippen LogP contribution < -0.4 is 0 Å². The number of pyridine rings is 1. The van der Waals surface area contributed by atoms with Gasteiger partial charge in [0.2, 0.25) is 11.8 Å². The number of nitrogens with zero attached hydrogens (tertiary/aromatic N) is 6. The maximum atomic E-state index is 5.66. The van der Waals surface area contributed by atoms with Crippen molar-refractivity contribution in [1.82, 2.24) is 29.9 Å². The molecule has 0 aliphatic carbocycles. The molecule has 5 aromatic rings. The average Bonchev–Trinajstić information content (AvgIpc) is 3.48. The van der Waals surface area contributed by atoms with E-state index in [1.807, 2.05) is 37.3 Å². The van der Waals surface area contributed by atoms with E-state index in [1.165, 1.54) is 0 Å². The summed E-state index contributed by atoms with van der Waals surface area (Å²) in [5, 5.41) is 19.3. The molecule has 1 atom stereocenters. The number of thioether (sulfide) groups is 1. The van der Waals surface area contributed by atoms with Gasteiger partial charge in [0.05, 0.1) is 16.5 Å². The SMILES string of the molecule is Cc1nnc(C(C)Sc2nnc(-c3cc(-c4ccccc4)nc4ccccc34)n2CCC(C)C)o1. The number of fused-ring (bicyclic) bond motifs is 1. The Morgan fingerprint density at radius 3 is 2.43 bits per heavy atom. The number of benzene rings is 2. The molecule has 1 unspecified atom stereocenters. The molecule has 8 heteroatoms. The predicted octanol–water partition coefficient (Wildman–Crippen LogP) is 6.75. The zero-order valence-corrected chi connectivity index (χ0v) is 21.2. The second kappa shape index (κ2) is 10.00. The van der Waals surface area contributed by atoms with E-state index in [0.717, 1.165) is 51.7 Å². The molecule has 0 amide bonds. The minimum atomic E-state index is -0.0416. The highest BCUT2D eigenvalue weighted by atomic mass is 32.2. The first-order valence-corrected chi connectivity index (χ1v) is 12.7. The Bertz CT molecular complexity index is 1440. The van der Waals surface area contributed by atoms with Gasteiger partial charge >= 0.3 is 0 Å². The number of aromatic nitrogens is 6. The molecule has 0 spiro atoms. The Labute approximate surface area is 209 Å². The van der Waals surface area contributed by atoms with Crippen LogP contribution in [0.5, 0.6) is 0 Å². The van der Waals surface area contributed by atoms with Crippen molar-refractivity contribution in [3.05, 3.63) is 72.4 Å². The minimum absolute atomic E-state index is 0.0416. The van der Waals surface area contributed by atoms with Crippen LogP contribution in [-0.2, 0) is 6.54 Å². The normalized spacial score (nSPS) is 12.5. The fraction of sp³-hybridized carbons (Fsp3) is 0.296. The van der Waals surface area contributed by atoms with Crippen LogP contribution in [0.25, 0.3) is 33.5 Å². The first kappa shape index (κ1) is 23.2. The molecule has 7 nitrogen and oxygen atoms in total. The van der Waals surface area contributed by atoms with Crippen LogP contribution >= 0.6 is 11.8 Å². The fourth-order valence-corrected chi connectivity index (χ4v) is 4.87. The summed E-state index contributed by atoms with van der Waals surface area (Å²) in [4.78, 5) is 4.94. The lowest BCUT2D eigenvalue weighted by atomic mass is 10.0. The van der Waals surface area contributed by atoms with Gasteiger partial charge in [-0.25, -0.2) is 4.98 Å². The number of aryl methyl sites for hydroxylation is 1. The van der Waals surface area contributed by atoms with Crippen molar-refractivity contribution in [3.8, 4) is 22.6 Å². The Hall–Kier alpha value is -3.52. The monoisotopic (exact) mass is 484 g/mol. The number of hydrogen-bond donors (Lipinski definition) is 0. The summed E-state index contributed by atoms with van der Waals surface area (Å²) in [6, 6.07) is 20.6. The maximum absolute atomic E-state index is 5.66. The summed E-state index contributed by atoms with van der Waals surface area (Å²) in [5.41, 5.74) is 3.95. The minimum Gasteiger partial charge on any atom is -0.424 e. The van der Waals surface area contributed by atoms with Crippen molar-refractivity contribution in [2.24, 2.45) is 5.92 Å². The van der Waals surface area contributed by atoms with Crippen LogP contribution in [0.3, 0.4) is 0 Å². The molecule has 0 fully saturated rings. The van der Waals surface area contributed by atoms with Gasteiger partial charge in [-0.3, -0.25) is 0 Å². The van der Waals surface area contributed by atoms with Gasteiger partial charge in [-0.1, -0.05) is 74.1 Å². The van der Waals surface area contributed by atoms with Gasteiger partial charge < -0.3 is 8.98 Å². The van der Waals surface area contributed by atoms with Crippen LogP contribution in [-0.4, -0.2) is 29.9 Å². The van der Waals surface area contributed by atoms with Crippen molar-refractivity contribution >= 4 is 22.7 Å². The number of rotatable bonds is 8. The topological polar surface area (TPSA) is 82.5 Å². The van der Waals surface area contributed by atoms with Gasteiger partial charge in [0, 0.05) is 30.0 Å². The molecular weight excluding hydrogens is 456 g/mol. The highest BCUT2D eigenvalue weighted by Crippen LogP contribution is 2.37. The Balaban J connectivity index is 1.62. The third-order valence-electron chi connectivity index (χ3n) is 5.85. The van der Waals surface area contributed by atoms with Crippen LogP contribution in [0.1, 0.15) is 44.2 Å². The molecule has 5 rings (SSSR count). The molecule has 0 N–H and O–H groups in total. The van der Waals surface area contributed by atoms with Gasteiger partial charge in [0.15, 0.2) is 11.0 Å². The van der Waals surface area contributed by atoms with Crippen LogP contribution in [0.4, 0.5) is 0 Å². The van der Waals surface area contributed by atoms with E-state index in [1.54, 1.807) is 18.7 Å². The first-order chi connectivity index (χ1) is 17.0. The molecule has 0 aliphatic heterocycles. The summed E-state index contributed by atoms with van der Waals surface area (Å²) in [7, 11) is 0. The lowest BCUT2D eigenvalue weighted by Crippen LogP contribution is -2.06. The van der Waals surface area contributed by atoms with E-state index in [2.05, 4.69) is 64.0 Å². The molecule has 35 heavy (non-hydrogen) atoms. The third-order valence-corrected chi connectivity index (χ3v) is 6.91. The second-order valence-electron chi connectivity index (χ2n) is 9.00. The zero-order chi connectivity index (χ0) is 24.4. The van der Waals surface area contributed by atoms with Gasteiger partial charge in [-0.2, -0.15) is 0 Å². The highest BCUT2D eigenvalue weighted by molar-refractivity contribution is 7.99. The lowest BCUT2D eigenvalue weighted by Gasteiger charge is -2.15. The Morgan fingerprint density at radius 2 is 1.69 bits per heavy atom. The molecule has 3 aromatic heterocycles. The molecule has 2 aromatic carbocycles. The molecule has 0 aliphatic rings. The highest BCUT2D eigenvalue weighted by Gasteiger charge is 2.22. The van der Waals surface area contributed by atoms with E-state index >= 15 is 0 Å². The molecule has 0 radical (unpaired) electrons. The molecular formula is C27H28N6OS. The molecule has 0 saturated heterocycles. The fourth-order valence-electron chi connectivity index (χ4n) is 3.97. The summed E-state index contributed by atoms with van der Waals surface area (Å²) < 4.78 is 7.88. The van der Waals surface area contributed by atoms with Gasteiger partial charge in [-0.05, 0) is 31.4 Å². The van der Waals surface area contributed by atoms with E-state index in [-0.39, 0.29) is 5.25 Å². The van der Waals surface area contributed by atoms with Crippen LogP contribution in [0.15, 0.2) is 70.2 Å². The average molecular weight is 485 g/mol. The quantitative estimate of drug-likeness (QED) is 0.225. The van der Waals surface area contributed by atoms with Gasteiger partial charge in [-0.15, -0.1) is 20.4 Å². The molecule has 178 valence electrons. The van der Waals surface area contributed by atoms with E-state index in [0.29, 0.717) is 17.7 Å². The summed E-state index contributed by atoms with van der Waals surface area (Å²) in [6.07, 6.45) is 1.02. The first-order valence-electron chi connectivity index (χ1n) is 11.8. The van der Waals surface area contributed by atoms with Crippen molar-refractivity contribution in [2.75, 3.05) is 0 Å². The van der Waals surface area contributed by atoms with Crippen molar-refractivity contribution in [1.29, 1.82) is 0 Å². The molecule has 3 heterocycles. The lowest BCUT2D eigenvalue weighted by molar-refractivity contribution is 0.468. The Kier molecular flexibility index (Phi) is 6.63. The van der Waals surface area contributed by atoms with Gasteiger partial charge in [0.1, 0.15) is 0 Å². The van der Waals surface area contributed by atoms with Crippen molar-refractivity contribution < 1.29 is 4.42 Å². The maximum Gasteiger partial charge on any atom is 0.229 e. The molecule has 0 saturated carbocycles.